The van der Waals surface area contributed by atoms with Gasteiger partial charge in [0.25, 0.3) is 5.91 Å². The number of fused-ring (bicyclic) bond motifs is 1. The lowest BCUT2D eigenvalue weighted by molar-refractivity contribution is 0.00693. The molecule has 0 aliphatic carbocycles. The molecule has 0 bridgehead atoms. The Morgan fingerprint density at radius 2 is 1.79 bits per heavy atom. The molecule has 1 aromatic carbocycles. The van der Waals surface area contributed by atoms with Crippen LogP contribution in [-0.2, 0) is 4.74 Å². The molecule has 2 aromatic heterocycles. The van der Waals surface area contributed by atoms with E-state index in [1.54, 1.807) is 45.2 Å². The second kappa shape index (κ2) is 7.26. The van der Waals surface area contributed by atoms with Crippen molar-refractivity contribution < 1.29 is 19.1 Å². The van der Waals surface area contributed by atoms with Crippen LogP contribution in [0.3, 0.4) is 0 Å². The van der Waals surface area contributed by atoms with Crippen LogP contribution >= 0.6 is 0 Å². The van der Waals surface area contributed by atoms with E-state index >= 15 is 0 Å². The number of nitrogens with zero attached hydrogens (tertiary/aromatic N) is 1. The van der Waals surface area contributed by atoms with Crippen molar-refractivity contribution >= 4 is 28.6 Å². The molecule has 0 spiro atoms. The third kappa shape index (κ3) is 3.93. The number of pyridine rings is 1. The average Bonchev–Trinajstić information content (AvgIpc) is 3.13. The monoisotopic (exact) mass is 379 g/mol. The first-order valence-electron chi connectivity index (χ1n) is 8.78. The van der Waals surface area contributed by atoms with Crippen LogP contribution in [0.4, 0.5) is 0 Å². The van der Waals surface area contributed by atoms with Crippen molar-refractivity contribution in [3.63, 3.8) is 0 Å². The van der Waals surface area contributed by atoms with Crippen molar-refractivity contribution in [2.45, 2.75) is 26.4 Å². The van der Waals surface area contributed by atoms with Crippen LogP contribution in [-0.4, -0.2) is 40.3 Å². The topological polar surface area (TPSA) is 101 Å². The van der Waals surface area contributed by atoms with E-state index in [4.69, 9.17) is 4.74 Å². The van der Waals surface area contributed by atoms with Gasteiger partial charge in [-0.1, -0.05) is 12.1 Å². The molecule has 1 amide bonds. The normalized spacial score (nSPS) is 11.3. The van der Waals surface area contributed by atoms with E-state index in [0.717, 1.165) is 10.9 Å². The number of benzene rings is 1. The Kier molecular flexibility index (Phi) is 5.00. The molecule has 0 fully saturated rings. The molecule has 0 atom stereocenters. The van der Waals surface area contributed by atoms with E-state index in [0.29, 0.717) is 5.56 Å². The third-order valence-electron chi connectivity index (χ3n) is 3.99. The molecule has 3 aromatic rings. The first kappa shape index (κ1) is 19.3. The Morgan fingerprint density at radius 3 is 2.46 bits per heavy atom. The summed E-state index contributed by atoms with van der Waals surface area (Å²) in [5.41, 5.74) is 0.573. The number of ether oxygens (including phenoxy) is 1. The number of nitrogens with one attached hydrogen (secondary N) is 2. The van der Waals surface area contributed by atoms with Crippen LogP contribution in [0.15, 0.2) is 42.6 Å². The molecule has 7 nitrogen and oxygen atoms in total. The molecule has 3 rings (SSSR count). The fourth-order valence-corrected chi connectivity index (χ4v) is 2.77. The number of carbonyl (C=O) groups is 3. The standard InChI is InChI=1S/C21H21N3O4/c1-21(2,3)28-20(27)12-10-16(24-17(11-12)19(26)22-4)18(25)14-6-5-7-15-13(14)8-9-23-15/h5-11,23H,1-4H3,(H,22,26). The minimum Gasteiger partial charge on any atom is -0.456 e. The van der Waals surface area contributed by atoms with Crippen molar-refractivity contribution in [3.8, 4) is 0 Å². The molecular formula is C21H21N3O4. The highest BCUT2D eigenvalue weighted by Gasteiger charge is 2.23. The van der Waals surface area contributed by atoms with Gasteiger partial charge >= 0.3 is 5.97 Å². The summed E-state index contributed by atoms with van der Waals surface area (Å²) in [7, 11) is 1.45. The smallest absolute Gasteiger partial charge is 0.338 e. The number of amides is 1. The van der Waals surface area contributed by atoms with Gasteiger partial charge in [0, 0.05) is 29.7 Å². The SMILES string of the molecule is CNC(=O)c1cc(C(=O)OC(C)(C)C)cc(C(=O)c2cccc3[nH]ccc23)n1. The number of H-pyrrole nitrogens is 1. The van der Waals surface area contributed by atoms with E-state index in [2.05, 4.69) is 15.3 Å². The third-order valence-corrected chi connectivity index (χ3v) is 3.99. The van der Waals surface area contributed by atoms with E-state index in [1.165, 1.54) is 19.2 Å². The van der Waals surface area contributed by atoms with Gasteiger partial charge in [0.1, 0.15) is 17.0 Å². The fraction of sp³-hybridized carbons (Fsp3) is 0.238. The van der Waals surface area contributed by atoms with Crippen LogP contribution in [0.2, 0.25) is 0 Å². The zero-order valence-electron chi connectivity index (χ0n) is 16.1. The number of aromatic nitrogens is 2. The molecular weight excluding hydrogens is 358 g/mol. The summed E-state index contributed by atoms with van der Waals surface area (Å²) in [5, 5.41) is 3.19. The number of aromatic amines is 1. The highest BCUT2D eigenvalue weighted by Crippen LogP contribution is 2.21. The lowest BCUT2D eigenvalue weighted by Gasteiger charge is -2.19. The second-order valence-electron chi connectivity index (χ2n) is 7.28. The summed E-state index contributed by atoms with van der Waals surface area (Å²) in [6, 6.07) is 9.75. The highest BCUT2D eigenvalue weighted by atomic mass is 16.6. The Balaban J connectivity index is 2.10. The minimum absolute atomic E-state index is 0.00402. The zero-order valence-corrected chi connectivity index (χ0v) is 16.1. The summed E-state index contributed by atoms with van der Waals surface area (Å²) in [5.74, 6) is -1.52. The average molecular weight is 379 g/mol. The molecule has 0 saturated carbocycles. The summed E-state index contributed by atoms with van der Waals surface area (Å²) in [4.78, 5) is 45.0. The van der Waals surface area contributed by atoms with Crippen LogP contribution in [0, 0.1) is 0 Å². The van der Waals surface area contributed by atoms with E-state index in [1.807, 2.05) is 6.07 Å². The fourth-order valence-electron chi connectivity index (χ4n) is 2.77. The van der Waals surface area contributed by atoms with Crippen molar-refractivity contribution in [1.29, 1.82) is 0 Å². The first-order valence-corrected chi connectivity index (χ1v) is 8.78. The molecule has 2 heterocycles. The quantitative estimate of drug-likeness (QED) is 0.536. The van der Waals surface area contributed by atoms with Gasteiger partial charge in [-0.3, -0.25) is 9.59 Å². The molecule has 0 saturated heterocycles. The Bertz CT molecular complexity index is 1080. The Morgan fingerprint density at radius 1 is 1.07 bits per heavy atom. The van der Waals surface area contributed by atoms with E-state index in [-0.39, 0.29) is 22.7 Å². The van der Waals surface area contributed by atoms with Gasteiger partial charge in [0.05, 0.1) is 5.56 Å². The predicted octanol–water partition coefficient (Wildman–Crippen LogP) is 3.11. The highest BCUT2D eigenvalue weighted by molar-refractivity contribution is 6.16. The predicted molar refractivity (Wildman–Crippen MR) is 105 cm³/mol. The molecule has 0 unspecified atom stereocenters. The molecule has 7 heteroatoms. The summed E-state index contributed by atoms with van der Waals surface area (Å²) < 4.78 is 5.38. The van der Waals surface area contributed by atoms with E-state index < -0.39 is 17.5 Å². The molecule has 144 valence electrons. The lowest BCUT2D eigenvalue weighted by atomic mass is 10.0. The van der Waals surface area contributed by atoms with Gasteiger partial charge in [-0.05, 0) is 45.0 Å². The van der Waals surface area contributed by atoms with Crippen LogP contribution in [0.25, 0.3) is 10.9 Å². The number of esters is 1. The second-order valence-corrected chi connectivity index (χ2v) is 7.28. The van der Waals surface area contributed by atoms with Crippen molar-refractivity contribution in [3.05, 3.63) is 65.1 Å². The number of carbonyl (C=O) groups excluding carboxylic acids is 3. The van der Waals surface area contributed by atoms with Crippen molar-refractivity contribution in [1.82, 2.24) is 15.3 Å². The first-order chi connectivity index (χ1) is 13.2. The van der Waals surface area contributed by atoms with Gasteiger partial charge in [0.2, 0.25) is 5.78 Å². The molecule has 28 heavy (non-hydrogen) atoms. The van der Waals surface area contributed by atoms with Gasteiger partial charge in [-0.25, -0.2) is 9.78 Å². The van der Waals surface area contributed by atoms with Gasteiger partial charge in [-0.2, -0.15) is 0 Å². The maximum absolute atomic E-state index is 13.1. The number of ketones is 1. The Hall–Kier alpha value is -3.48. The molecule has 0 aliphatic rings. The molecule has 0 aliphatic heterocycles. The van der Waals surface area contributed by atoms with Crippen LogP contribution in [0.1, 0.15) is 57.7 Å². The largest absolute Gasteiger partial charge is 0.456 e. The van der Waals surface area contributed by atoms with Crippen LogP contribution in [0.5, 0.6) is 0 Å². The maximum Gasteiger partial charge on any atom is 0.338 e. The van der Waals surface area contributed by atoms with Crippen molar-refractivity contribution in [2.24, 2.45) is 0 Å². The number of rotatable bonds is 4. The minimum atomic E-state index is -0.714. The van der Waals surface area contributed by atoms with Gasteiger partial charge in [0.15, 0.2) is 0 Å². The number of hydrogen-bond acceptors (Lipinski definition) is 5. The van der Waals surface area contributed by atoms with Gasteiger partial charge in [-0.15, -0.1) is 0 Å². The summed E-state index contributed by atoms with van der Waals surface area (Å²) in [6.07, 6.45) is 1.74. The zero-order chi connectivity index (χ0) is 20.5. The number of hydrogen-bond donors (Lipinski definition) is 2. The van der Waals surface area contributed by atoms with Gasteiger partial charge < -0.3 is 15.0 Å². The lowest BCUT2D eigenvalue weighted by Crippen LogP contribution is -2.25. The summed E-state index contributed by atoms with van der Waals surface area (Å²) >= 11 is 0. The van der Waals surface area contributed by atoms with Crippen molar-refractivity contribution in [2.75, 3.05) is 7.05 Å². The molecule has 2 N–H and O–H groups in total. The summed E-state index contributed by atoms with van der Waals surface area (Å²) in [6.45, 7) is 5.22. The van der Waals surface area contributed by atoms with Crippen LogP contribution < -0.4 is 5.32 Å². The molecule has 0 radical (unpaired) electrons. The van der Waals surface area contributed by atoms with E-state index in [9.17, 15) is 14.4 Å². The Labute approximate surface area is 162 Å². The maximum atomic E-state index is 13.1.